The van der Waals surface area contributed by atoms with E-state index in [1.165, 1.54) is 0 Å². The third-order valence-corrected chi connectivity index (χ3v) is 2.96. The standard InChI is InChI=1S/C8H16NO9P.2Na/c1-3(11)9-5-4(2-10)17-8(7(13)6(5)12)18-19(14,15)16;;/h4-8,10,12-13H,2H2,1H3,(H,9,11)(H2,14,15,16);;/q;2*+1/p-2/t4-,5-,6+,7-,8+;;/m1../s1. The molecular formula is C8H14NNa2O9P. The molecule has 0 radical (unpaired) electrons. The summed E-state index contributed by atoms with van der Waals surface area (Å²) in [5.74, 6) is -0.559. The molecular weight excluding hydrogens is 331 g/mol. The minimum absolute atomic E-state index is 0. The third kappa shape index (κ3) is 7.69. The van der Waals surface area contributed by atoms with E-state index < -0.39 is 51.0 Å². The van der Waals surface area contributed by atoms with Crippen LogP contribution in [0.3, 0.4) is 0 Å². The second-order valence-corrected chi connectivity index (χ2v) is 5.09. The van der Waals surface area contributed by atoms with Crippen molar-refractivity contribution < 1.29 is 103 Å². The summed E-state index contributed by atoms with van der Waals surface area (Å²) in [6, 6.07) is -1.17. The molecule has 1 heterocycles. The summed E-state index contributed by atoms with van der Waals surface area (Å²) in [6.07, 6.45) is -6.74. The Bertz CT molecular complexity index is 379. The van der Waals surface area contributed by atoms with Gasteiger partial charge in [-0.15, -0.1) is 0 Å². The van der Waals surface area contributed by atoms with Gasteiger partial charge in [0.1, 0.15) is 18.3 Å². The van der Waals surface area contributed by atoms with Gasteiger partial charge in [-0.25, -0.2) is 0 Å². The van der Waals surface area contributed by atoms with Gasteiger partial charge in [0.25, 0.3) is 0 Å². The Morgan fingerprint density at radius 3 is 2.24 bits per heavy atom. The van der Waals surface area contributed by atoms with E-state index in [9.17, 15) is 29.4 Å². The molecule has 0 spiro atoms. The van der Waals surface area contributed by atoms with E-state index in [2.05, 4.69) is 9.84 Å². The minimum Gasteiger partial charge on any atom is -0.790 e. The van der Waals surface area contributed by atoms with Crippen molar-refractivity contribution in [2.24, 2.45) is 0 Å². The fourth-order valence-corrected chi connectivity index (χ4v) is 2.14. The summed E-state index contributed by atoms with van der Waals surface area (Å²) in [7, 11) is -5.45. The van der Waals surface area contributed by atoms with Crippen molar-refractivity contribution in [2.75, 3.05) is 6.61 Å². The van der Waals surface area contributed by atoms with Crippen molar-refractivity contribution in [3.8, 4) is 0 Å². The quantitative estimate of drug-likeness (QED) is 0.285. The number of rotatable bonds is 4. The Kier molecular flexibility index (Phi) is 12.1. The SMILES string of the molecule is CC(=O)N[C@H]1[C@H](O)[C@@H](O)[C@H](OP(=O)([O-])[O-])O[C@@H]1CO.[Na+].[Na+]. The zero-order valence-electron chi connectivity index (χ0n) is 11.8. The van der Waals surface area contributed by atoms with Crippen LogP contribution in [0.5, 0.6) is 0 Å². The fourth-order valence-electron chi connectivity index (χ4n) is 1.71. The number of phosphoric ester groups is 1. The summed E-state index contributed by atoms with van der Waals surface area (Å²) < 4.78 is 19.2. The van der Waals surface area contributed by atoms with Crippen molar-refractivity contribution in [1.82, 2.24) is 5.32 Å². The average molecular weight is 345 g/mol. The normalized spacial score (nSPS) is 32.6. The molecule has 4 N–H and O–H groups in total. The summed E-state index contributed by atoms with van der Waals surface area (Å²) in [5.41, 5.74) is 0. The van der Waals surface area contributed by atoms with Crippen LogP contribution in [0.1, 0.15) is 6.92 Å². The molecule has 112 valence electrons. The molecule has 0 unspecified atom stereocenters. The molecule has 13 heteroatoms. The zero-order valence-corrected chi connectivity index (χ0v) is 16.7. The average Bonchev–Trinajstić information content (AvgIpc) is 2.26. The summed E-state index contributed by atoms with van der Waals surface area (Å²) >= 11 is 0. The smallest absolute Gasteiger partial charge is 0.790 e. The molecule has 1 rings (SSSR count). The van der Waals surface area contributed by atoms with Gasteiger partial charge in [-0.1, -0.05) is 0 Å². The first-order valence-corrected chi connectivity index (χ1v) is 6.72. The first-order valence-electron chi connectivity index (χ1n) is 5.25. The maximum Gasteiger partial charge on any atom is 1.00 e. The molecule has 0 bridgehead atoms. The second kappa shape index (κ2) is 10.3. The van der Waals surface area contributed by atoms with Crippen molar-refractivity contribution in [1.29, 1.82) is 0 Å². The van der Waals surface area contributed by atoms with Crippen LogP contribution in [0.25, 0.3) is 0 Å². The van der Waals surface area contributed by atoms with Crippen molar-refractivity contribution in [3.63, 3.8) is 0 Å². The number of hydrogen-bond acceptors (Lipinski definition) is 9. The van der Waals surface area contributed by atoms with Gasteiger partial charge < -0.3 is 44.2 Å². The summed E-state index contributed by atoms with van der Waals surface area (Å²) in [6.45, 7) is 0.441. The molecule has 1 saturated heterocycles. The van der Waals surface area contributed by atoms with Gasteiger partial charge in [-0.2, -0.15) is 0 Å². The van der Waals surface area contributed by atoms with Gasteiger partial charge in [0.15, 0.2) is 6.29 Å². The number of nitrogens with one attached hydrogen (secondary N) is 1. The van der Waals surface area contributed by atoms with E-state index in [0.717, 1.165) is 6.92 Å². The number of hydrogen-bond donors (Lipinski definition) is 4. The van der Waals surface area contributed by atoms with Crippen LogP contribution in [0.15, 0.2) is 0 Å². The molecule has 1 fully saturated rings. The Hall–Kier alpha value is 1.42. The molecule has 1 amide bonds. The van der Waals surface area contributed by atoms with Gasteiger partial charge in [0.2, 0.25) is 5.91 Å². The Balaban J connectivity index is 0. The van der Waals surface area contributed by atoms with Gasteiger partial charge >= 0.3 is 59.1 Å². The predicted molar refractivity (Wildman–Crippen MR) is 54.1 cm³/mol. The molecule has 10 nitrogen and oxygen atoms in total. The number of amides is 1. The molecule has 1 aliphatic heterocycles. The van der Waals surface area contributed by atoms with Crippen LogP contribution in [0.2, 0.25) is 0 Å². The van der Waals surface area contributed by atoms with Gasteiger partial charge in [0.05, 0.1) is 20.5 Å². The topological polar surface area (TPSA) is 171 Å². The van der Waals surface area contributed by atoms with Crippen molar-refractivity contribution in [3.05, 3.63) is 0 Å². The van der Waals surface area contributed by atoms with E-state index in [1.54, 1.807) is 0 Å². The molecule has 0 saturated carbocycles. The maximum atomic E-state index is 10.9. The number of carbonyl (C=O) groups excluding carboxylic acids is 1. The Labute approximate surface area is 165 Å². The molecule has 0 aromatic rings. The largest absolute Gasteiger partial charge is 1.00 e. The van der Waals surface area contributed by atoms with E-state index in [4.69, 9.17) is 9.84 Å². The predicted octanol–water partition coefficient (Wildman–Crippen LogP) is -10.2. The number of aliphatic hydroxyl groups is 3. The number of carbonyl (C=O) groups is 1. The van der Waals surface area contributed by atoms with Crippen LogP contribution in [0.4, 0.5) is 0 Å². The van der Waals surface area contributed by atoms with Gasteiger partial charge in [-0.05, 0) is 0 Å². The van der Waals surface area contributed by atoms with Crippen LogP contribution in [0, 0.1) is 0 Å². The van der Waals surface area contributed by atoms with E-state index in [-0.39, 0.29) is 59.1 Å². The molecule has 0 aromatic heterocycles. The monoisotopic (exact) mass is 345 g/mol. The van der Waals surface area contributed by atoms with E-state index in [1.807, 2.05) is 0 Å². The van der Waals surface area contributed by atoms with E-state index >= 15 is 0 Å². The minimum atomic E-state index is -5.45. The molecule has 5 atom stereocenters. The zero-order chi connectivity index (χ0) is 14.8. The summed E-state index contributed by atoms with van der Waals surface area (Å²) in [4.78, 5) is 31.8. The van der Waals surface area contributed by atoms with Crippen LogP contribution < -0.4 is 74.2 Å². The number of phosphoric acid groups is 1. The fraction of sp³-hybridized carbons (Fsp3) is 0.875. The molecule has 21 heavy (non-hydrogen) atoms. The summed E-state index contributed by atoms with van der Waals surface area (Å²) in [5, 5.41) is 30.6. The van der Waals surface area contributed by atoms with Crippen molar-refractivity contribution in [2.45, 2.75) is 37.6 Å². The van der Waals surface area contributed by atoms with Gasteiger partial charge in [-0.3, -0.25) is 4.79 Å². The Morgan fingerprint density at radius 1 is 1.33 bits per heavy atom. The number of ether oxygens (including phenoxy) is 1. The molecule has 0 aliphatic carbocycles. The molecule has 0 aromatic carbocycles. The van der Waals surface area contributed by atoms with Crippen LogP contribution in [-0.4, -0.2) is 58.5 Å². The van der Waals surface area contributed by atoms with Crippen molar-refractivity contribution >= 4 is 13.7 Å². The van der Waals surface area contributed by atoms with Crippen LogP contribution in [-0.2, 0) is 18.6 Å². The number of aliphatic hydroxyl groups excluding tert-OH is 3. The van der Waals surface area contributed by atoms with E-state index in [0.29, 0.717) is 0 Å². The maximum absolute atomic E-state index is 10.9. The first kappa shape index (κ1) is 24.7. The van der Waals surface area contributed by atoms with Crippen LogP contribution >= 0.6 is 7.82 Å². The second-order valence-electron chi connectivity index (χ2n) is 3.99. The third-order valence-electron chi connectivity index (χ3n) is 2.49. The Morgan fingerprint density at radius 2 is 1.86 bits per heavy atom. The first-order chi connectivity index (χ1) is 8.65. The molecule has 1 aliphatic rings. The van der Waals surface area contributed by atoms with Gasteiger partial charge in [0, 0.05) is 6.92 Å².